The van der Waals surface area contributed by atoms with Crippen molar-refractivity contribution in [1.82, 2.24) is 20.1 Å². The molecule has 14 heteroatoms. The van der Waals surface area contributed by atoms with Crippen LogP contribution < -0.4 is 5.32 Å². The lowest BCUT2D eigenvalue weighted by Crippen LogP contribution is -2.72. The molecule has 224 valence electrons. The van der Waals surface area contributed by atoms with Gasteiger partial charge in [0.1, 0.15) is 12.4 Å². The standard InChI is InChI=1S/C29H22F6N4O4/c30-20-6-3-17(4-7-20)12-39(26(15-43-16-26)29(33,34)35)23(40)13-38-24(41)27(37-25(38)42)14-28(31,32)22-10-18(5-8-21(22)27)19-2-1-9-36-11-19/h1-11H,12-16H2,(H,37,42)/t27-/m0/s1. The first kappa shape index (κ1) is 28.6. The number of fused-ring (bicyclic) bond motifs is 2. The topological polar surface area (TPSA) is 91.8 Å². The largest absolute Gasteiger partial charge is 0.416 e. The predicted molar refractivity (Wildman–Crippen MR) is 137 cm³/mol. The molecular formula is C29H22F6N4O4. The highest BCUT2D eigenvalue weighted by Crippen LogP contribution is 2.53. The Morgan fingerprint density at radius 1 is 1.02 bits per heavy atom. The molecular weight excluding hydrogens is 582 g/mol. The summed E-state index contributed by atoms with van der Waals surface area (Å²) < 4.78 is 91.8. The van der Waals surface area contributed by atoms with Crippen LogP contribution in [0.5, 0.6) is 0 Å². The lowest BCUT2D eigenvalue weighted by molar-refractivity contribution is -0.302. The summed E-state index contributed by atoms with van der Waals surface area (Å²) in [6.07, 6.45) is -3.12. The van der Waals surface area contributed by atoms with Crippen LogP contribution in [0.25, 0.3) is 11.1 Å². The molecule has 8 nitrogen and oxygen atoms in total. The molecule has 4 amide bonds. The van der Waals surface area contributed by atoms with E-state index in [0.29, 0.717) is 20.9 Å². The summed E-state index contributed by atoms with van der Waals surface area (Å²) in [5, 5.41) is 2.28. The number of amides is 4. The summed E-state index contributed by atoms with van der Waals surface area (Å²) in [6.45, 7) is -3.59. The van der Waals surface area contributed by atoms with Gasteiger partial charge in [-0.05, 0) is 41.0 Å². The van der Waals surface area contributed by atoms with Crippen molar-refractivity contribution in [2.45, 2.75) is 36.1 Å². The van der Waals surface area contributed by atoms with Crippen LogP contribution in [0.4, 0.5) is 31.1 Å². The SMILES string of the molecule is O=C1N[C@]2(CC(F)(F)c3cc(-c4cccnc4)ccc32)C(=O)N1CC(=O)N(Cc1ccc(F)cc1)C1(C(F)(F)F)COC1. The summed E-state index contributed by atoms with van der Waals surface area (Å²) in [5.41, 5.74) is -4.61. The molecule has 2 aliphatic heterocycles. The normalized spacial score (nSPS) is 21.9. The fourth-order valence-electron chi connectivity index (χ4n) is 5.77. The Hall–Kier alpha value is -4.46. The lowest BCUT2D eigenvalue weighted by atomic mass is 9.90. The van der Waals surface area contributed by atoms with Crippen molar-refractivity contribution in [3.63, 3.8) is 0 Å². The molecule has 0 saturated carbocycles. The zero-order valence-corrected chi connectivity index (χ0v) is 22.1. The Bertz CT molecular complexity index is 1610. The van der Waals surface area contributed by atoms with E-state index in [4.69, 9.17) is 4.74 Å². The zero-order chi connectivity index (χ0) is 30.8. The Kier molecular flexibility index (Phi) is 6.53. The maximum absolute atomic E-state index is 15.4. The quantitative estimate of drug-likeness (QED) is 0.331. The van der Waals surface area contributed by atoms with E-state index in [1.54, 1.807) is 12.1 Å². The number of imide groups is 1. The van der Waals surface area contributed by atoms with Gasteiger partial charge in [0.25, 0.3) is 11.8 Å². The average Bonchev–Trinajstić information content (AvgIpc) is 3.30. The van der Waals surface area contributed by atoms with E-state index in [-0.39, 0.29) is 11.1 Å². The van der Waals surface area contributed by atoms with Crippen molar-refractivity contribution < 1.29 is 45.5 Å². The number of aromatic nitrogens is 1. The van der Waals surface area contributed by atoms with Crippen LogP contribution in [-0.4, -0.2) is 64.1 Å². The summed E-state index contributed by atoms with van der Waals surface area (Å²) >= 11 is 0. The molecule has 1 spiro atoms. The van der Waals surface area contributed by atoms with Crippen LogP contribution in [0.15, 0.2) is 67.0 Å². The number of carbonyl (C=O) groups excluding carboxylic acids is 3. The number of benzene rings is 2. The van der Waals surface area contributed by atoms with E-state index < -0.39 is 85.1 Å². The second-order valence-electron chi connectivity index (χ2n) is 10.7. The molecule has 43 heavy (non-hydrogen) atoms. The number of pyridine rings is 1. The van der Waals surface area contributed by atoms with Gasteiger partial charge in [-0.15, -0.1) is 0 Å². The van der Waals surface area contributed by atoms with E-state index in [9.17, 15) is 31.9 Å². The molecule has 0 bridgehead atoms. The number of urea groups is 1. The van der Waals surface area contributed by atoms with Crippen LogP contribution >= 0.6 is 0 Å². The zero-order valence-electron chi connectivity index (χ0n) is 22.1. The molecule has 2 aromatic carbocycles. The number of carbonyl (C=O) groups is 3. The Labute approximate surface area is 240 Å². The minimum absolute atomic E-state index is 0.146. The minimum atomic E-state index is -4.96. The lowest BCUT2D eigenvalue weighted by Gasteiger charge is -2.50. The molecule has 6 rings (SSSR count). The van der Waals surface area contributed by atoms with Gasteiger partial charge < -0.3 is 15.0 Å². The van der Waals surface area contributed by atoms with E-state index >= 15 is 8.78 Å². The minimum Gasteiger partial charge on any atom is -0.376 e. The van der Waals surface area contributed by atoms with Crippen molar-refractivity contribution in [2.75, 3.05) is 19.8 Å². The van der Waals surface area contributed by atoms with Crippen LogP contribution in [0.3, 0.4) is 0 Å². The Morgan fingerprint density at radius 2 is 1.74 bits per heavy atom. The van der Waals surface area contributed by atoms with Crippen LogP contribution in [0.2, 0.25) is 0 Å². The smallest absolute Gasteiger partial charge is 0.376 e. The predicted octanol–water partition coefficient (Wildman–Crippen LogP) is 4.49. The average molecular weight is 605 g/mol. The fourth-order valence-corrected chi connectivity index (χ4v) is 5.77. The van der Waals surface area contributed by atoms with E-state index in [1.807, 2.05) is 0 Å². The van der Waals surface area contributed by atoms with E-state index in [0.717, 1.165) is 12.1 Å². The van der Waals surface area contributed by atoms with Gasteiger partial charge in [0.15, 0.2) is 11.1 Å². The molecule has 1 N–H and O–H groups in total. The van der Waals surface area contributed by atoms with Crippen molar-refractivity contribution in [3.05, 3.63) is 89.5 Å². The van der Waals surface area contributed by atoms with E-state index in [2.05, 4.69) is 10.3 Å². The molecule has 3 aromatic rings. The number of hydrogen-bond donors (Lipinski definition) is 1. The highest BCUT2D eigenvalue weighted by atomic mass is 19.4. The molecule has 2 fully saturated rings. The highest BCUT2D eigenvalue weighted by Gasteiger charge is 2.67. The van der Waals surface area contributed by atoms with Gasteiger partial charge >= 0.3 is 12.2 Å². The molecule has 3 heterocycles. The molecule has 1 aromatic heterocycles. The fraction of sp³-hybridized carbons (Fsp3) is 0.310. The molecule has 0 radical (unpaired) electrons. The number of ether oxygens (including phenoxy) is 1. The van der Waals surface area contributed by atoms with Gasteiger partial charge in [-0.2, -0.15) is 13.2 Å². The summed E-state index contributed by atoms with van der Waals surface area (Å²) in [4.78, 5) is 44.9. The Morgan fingerprint density at radius 3 is 2.35 bits per heavy atom. The van der Waals surface area contributed by atoms with Gasteiger partial charge in [-0.1, -0.05) is 30.3 Å². The van der Waals surface area contributed by atoms with Gasteiger partial charge in [0.05, 0.1) is 19.6 Å². The van der Waals surface area contributed by atoms with Crippen molar-refractivity contribution in [1.29, 1.82) is 0 Å². The van der Waals surface area contributed by atoms with Gasteiger partial charge in [0.2, 0.25) is 5.91 Å². The molecule has 1 atom stereocenters. The maximum atomic E-state index is 15.4. The molecule has 1 aliphatic carbocycles. The third-order valence-electron chi connectivity index (χ3n) is 8.11. The molecule has 3 aliphatic rings. The number of nitrogens with one attached hydrogen (secondary N) is 1. The second kappa shape index (κ2) is 9.79. The summed E-state index contributed by atoms with van der Waals surface area (Å²) in [6, 6.07) is 10.4. The number of alkyl halides is 5. The second-order valence-corrected chi connectivity index (χ2v) is 10.7. The number of halogens is 6. The summed E-state index contributed by atoms with van der Waals surface area (Å²) in [7, 11) is 0. The van der Waals surface area contributed by atoms with Crippen molar-refractivity contribution >= 4 is 17.8 Å². The number of hydrogen-bond acceptors (Lipinski definition) is 5. The first-order chi connectivity index (χ1) is 20.3. The van der Waals surface area contributed by atoms with Crippen LogP contribution in [0.1, 0.15) is 23.1 Å². The summed E-state index contributed by atoms with van der Waals surface area (Å²) in [5.74, 6) is -6.67. The van der Waals surface area contributed by atoms with Crippen LogP contribution in [0, 0.1) is 5.82 Å². The monoisotopic (exact) mass is 604 g/mol. The van der Waals surface area contributed by atoms with E-state index in [1.165, 1.54) is 42.7 Å². The van der Waals surface area contributed by atoms with Gasteiger partial charge in [-0.25, -0.2) is 18.0 Å². The number of rotatable bonds is 6. The van der Waals surface area contributed by atoms with Crippen LogP contribution in [-0.2, 0) is 32.3 Å². The maximum Gasteiger partial charge on any atom is 0.416 e. The van der Waals surface area contributed by atoms with Gasteiger partial charge in [-0.3, -0.25) is 19.5 Å². The third-order valence-corrected chi connectivity index (χ3v) is 8.11. The number of nitrogens with zero attached hydrogens (tertiary/aromatic N) is 3. The Balaban J connectivity index is 1.31. The third kappa shape index (κ3) is 4.51. The van der Waals surface area contributed by atoms with Crippen molar-refractivity contribution in [2.24, 2.45) is 0 Å². The highest BCUT2D eigenvalue weighted by molar-refractivity contribution is 6.10. The first-order valence-electron chi connectivity index (χ1n) is 13.0. The molecule has 0 unspecified atom stereocenters. The van der Waals surface area contributed by atoms with Crippen molar-refractivity contribution in [3.8, 4) is 11.1 Å². The molecule has 2 saturated heterocycles. The van der Waals surface area contributed by atoms with Gasteiger partial charge in [0, 0.05) is 30.1 Å². The first-order valence-corrected chi connectivity index (χ1v) is 13.0.